The van der Waals surface area contributed by atoms with Crippen molar-refractivity contribution in [2.75, 3.05) is 11.9 Å². The summed E-state index contributed by atoms with van der Waals surface area (Å²) in [5, 5.41) is 5.30. The molecule has 26 heavy (non-hydrogen) atoms. The van der Waals surface area contributed by atoms with Crippen molar-refractivity contribution in [2.24, 2.45) is 0 Å². The Morgan fingerprint density at radius 3 is 2.92 bits per heavy atom. The third-order valence-electron chi connectivity index (χ3n) is 3.47. The number of rotatable bonds is 5. The summed E-state index contributed by atoms with van der Waals surface area (Å²) < 4.78 is 36.5. The Morgan fingerprint density at radius 2 is 2.15 bits per heavy atom. The molecular weight excluding hydrogens is 351 g/mol. The summed E-state index contributed by atoms with van der Waals surface area (Å²) in [5.74, 6) is -0.127. The van der Waals surface area contributed by atoms with Gasteiger partial charge in [-0.2, -0.15) is 13.2 Å². The fourth-order valence-electron chi connectivity index (χ4n) is 2.24. The van der Waals surface area contributed by atoms with Gasteiger partial charge >= 0.3 is 6.18 Å². The molecule has 11 heteroatoms. The van der Waals surface area contributed by atoms with Crippen LogP contribution in [0.2, 0.25) is 0 Å². The highest BCUT2D eigenvalue weighted by atomic mass is 19.4. The van der Waals surface area contributed by atoms with Crippen molar-refractivity contribution in [1.29, 1.82) is 0 Å². The van der Waals surface area contributed by atoms with Gasteiger partial charge in [-0.3, -0.25) is 4.79 Å². The summed E-state index contributed by atoms with van der Waals surface area (Å²) in [6.07, 6.45) is 1.72. The number of fused-ring (bicyclic) bond motifs is 1. The van der Waals surface area contributed by atoms with E-state index in [1.165, 1.54) is 25.5 Å². The molecule has 0 spiro atoms. The predicted molar refractivity (Wildman–Crippen MR) is 87.1 cm³/mol. The zero-order valence-corrected chi connectivity index (χ0v) is 13.5. The van der Waals surface area contributed by atoms with Crippen LogP contribution < -0.4 is 10.6 Å². The molecule has 3 aromatic rings. The summed E-state index contributed by atoms with van der Waals surface area (Å²) in [4.78, 5) is 31.2. The van der Waals surface area contributed by atoms with Crippen LogP contribution in [0.5, 0.6) is 0 Å². The van der Waals surface area contributed by atoms with E-state index in [9.17, 15) is 18.0 Å². The lowest BCUT2D eigenvalue weighted by Crippen LogP contribution is -2.42. The highest BCUT2D eigenvalue weighted by Gasteiger charge is 2.28. The molecule has 1 atom stereocenters. The van der Waals surface area contributed by atoms with Crippen LogP contribution in [0.25, 0.3) is 22.4 Å². The molecule has 0 saturated heterocycles. The number of aromatic amines is 1. The van der Waals surface area contributed by atoms with Gasteiger partial charge in [-0.25, -0.2) is 19.9 Å². The Morgan fingerprint density at radius 1 is 1.35 bits per heavy atom. The number of H-pyrrole nitrogens is 1. The first-order valence-electron chi connectivity index (χ1n) is 7.55. The average Bonchev–Trinajstić information content (AvgIpc) is 3.03. The minimum absolute atomic E-state index is 0.302. The monoisotopic (exact) mass is 365 g/mol. The van der Waals surface area contributed by atoms with Gasteiger partial charge in [0.15, 0.2) is 5.82 Å². The van der Waals surface area contributed by atoms with Crippen molar-refractivity contribution >= 4 is 22.8 Å². The molecule has 0 saturated carbocycles. The molecule has 3 rings (SSSR count). The standard InChI is InChI=1S/C15H14F3N7O/c1-8(14(26)22-6-15(16,17)18)24-11-2-3-20-13(25-11)10-5-21-12-9(10)4-19-7-23-12/h2-5,7-8H,6H2,1H3,(H,22,26)(H,19,21,23)(H,20,24,25)/t8-/m1/s1. The lowest BCUT2D eigenvalue weighted by molar-refractivity contribution is -0.138. The quantitative estimate of drug-likeness (QED) is 0.637. The minimum Gasteiger partial charge on any atom is -0.359 e. The van der Waals surface area contributed by atoms with Crippen LogP contribution in [0.3, 0.4) is 0 Å². The zero-order chi connectivity index (χ0) is 18.7. The largest absolute Gasteiger partial charge is 0.405 e. The number of nitrogens with zero attached hydrogens (tertiary/aromatic N) is 4. The molecule has 8 nitrogen and oxygen atoms in total. The maximum absolute atomic E-state index is 12.2. The van der Waals surface area contributed by atoms with Gasteiger partial charge in [0.2, 0.25) is 5.91 Å². The molecular formula is C15H14F3N7O. The molecule has 0 aliphatic heterocycles. The van der Waals surface area contributed by atoms with Crippen molar-refractivity contribution in [3.8, 4) is 11.4 Å². The number of hydrogen-bond acceptors (Lipinski definition) is 6. The van der Waals surface area contributed by atoms with E-state index in [1.54, 1.807) is 12.4 Å². The van der Waals surface area contributed by atoms with E-state index in [0.717, 1.165) is 5.39 Å². The van der Waals surface area contributed by atoms with Gasteiger partial charge in [0.05, 0.1) is 0 Å². The van der Waals surface area contributed by atoms with E-state index in [1.807, 2.05) is 5.32 Å². The van der Waals surface area contributed by atoms with Gasteiger partial charge in [0, 0.05) is 29.5 Å². The van der Waals surface area contributed by atoms with Gasteiger partial charge in [-0.1, -0.05) is 0 Å². The van der Waals surface area contributed by atoms with E-state index >= 15 is 0 Å². The van der Waals surface area contributed by atoms with Gasteiger partial charge < -0.3 is 15.6 Å². The second kappa shape index (κ2) is 6.94. The van der Waals surface area contributed by atoms with Crippen molar-refractivity contribution in [1.82, 2.24) is 30.2 Å². The van der Waals surface area contributed by atoms with Crippen molar-refractivity contribution in [2.45, 2.75) is 19.1 Å². The van der Waals surface area contributed by atoms with Crippen molar-refractivity contribution in [3.63, 3.8) is 0 Å². The molecule has 1 amide bonds. The first kappa shape index (κ1) is 17.6. The van der Waals surface area contributed by atoms with Gasteiger partial charge in [-0.15, -0.1) is 0 Å². The first-order valence-corrected chi connectivity index (χ1v) is 7.55. The minimum atomic E-state index is -4.46. The first-order chi connectivity index (χ1) is 12.3. The number of hydrogen-bond donors (Lipinski definition) is 3. The number of alkyl halides is 3. The Bertz CT molecular complexity index is 925. The maximum Gasteiger partial charge on any atom is 0.405 e. The van der Waals surface area contributed by atoms with Gasteiger partial charge in [0.1, 0.15) is 30.4 Å². The molecule has 0 aliphatic rings. The third kappa shape index (κ3) is 4.05. The van der Waals surface area contributed by atoms with Crippen LogP contribution >= 0.6 is 0 Å². The fraction of sp³-hybridized carbons (Fsp3) is 0.267. The molecule has 0 aromatic carbocycles. The van der Waals surface area contributed by atoms with E-state index < -0.39 is 24.7 Å². The van der Waals surface area contributed by atoms with Crippen LogP contribution in [0.15, 0.2) is 31.0 Å². The van der Waals surface area contributed by atoms with E-state index in [2.05, 4.69) is 30.2 Å². The summed E-state index contributed by atoms with van der Waals surface area (Å²) in [6, 6.07) is 0.606. The number of halogens is 3. The van der Waals surface area contributed by atoms with Crippen LogP contribution in [0, 0.1) is 0 Å². The number of carbonyl (C=O) groups is 1. The normalized spacial score (nSPS) is 12.8. The Balaban J connectivity index is 1.74. The second-order valence-electron chi connectivity index (χ2n) is 5.45. The smallest absolute Gasteiger partial charge is 0.359 e. The SMILES string of the molecule is C[C@@H](Nc1ccnc(-c2c[nH]c3ncncc23)n1)C(=O)NCC(F)(F)F. The number of aromatic nitrogens is 5. The zero-order valence-electron chi connectivity index (χ0n) is 13.5. The van der Waals surface area contributed by atoms with E-state index in [0.29, 0.717) is 22.9 Å². The molecule has 0 fully saturated rings. The predicted octanol–water partition coefficient (Wildman–Crippen LogP) is 1.89. The fourth-order valence-corrected chi connectivity index (χ4v) is 2.24. The Labute approximate surface area is 145 Å². The molecule has 3 N–H and O–H groups in total. The van der Waals surface area contributed by atoms with Crippen LogP contribution in [-0.4, -0.2) is 49.6 Å². The number of anilines is 1. The van der Waals surface area contributed by atoms with E-state index in [4.69, 9.17) is 0 Å². The summed E-state index contributed by atoms with van der Waals surface area (Å²) in [7, 11) is 0. The lowest BCUT2D eigenvalue weighted by atomic mass is 10.2. The molecule has 0 radical (unpaired) electrons. The Hall–Kier alpha value is -3.24. The van der Waals surface area contributed by atoms with E-state index in [-0.39, 0.29) is 0 Å². The summed E-state index contributed by atoms with van der Waals surface area (Å²) in [6.45, 7) is 0.0508. The topological polar surface area (TPSA) is 108 Å². The average molecular weight is 365 g/mol. The number of carbonyl (C=O) groups excluding carboxylic acids is 1. The highest BCUT2D eigenvalue weighted by molar-refractivity contribution is 5.91. The molecule has 0 unspecified atom stereocenters. The van der Waals surface area contributed by atoms with Crippen LogP contribution in [0.4, 0.5) is 19.0 Å². The third-order valence-corrected chi connectivity index (χ3v) is 3.47. The molecule has 3 heterocycles. The van der Waals surface area contributed by atoms with Crippen LogP contribution in [0.1, 0.15) is 6.92 Å². The van der Waals surface area contributed by atoms with Crippen LogP contribution in [-0.2, 0) is 4.79 Å². The maximum atomic E-state index is 12.2. The second-order valence-corrected chi connectivity index (χ2v) is 5.45. The summed E-state index contributed by atoms with van der Waals surface area (Å²) >= 11 is 0. The Kier molecular flexibility index (Phi) is 4.69. The van der Waals surface area contributed by atoms with Crippen molar-refractivity contribution in [3.05, 3.63) is 31.0 Å². The highest BCUT2D eigenvalue weighted by Crippen LogP contribution is 2.24. The summed E-state index contributed by atoms with van der Waals surface area (Å²) in [5.41, 5.74) is 1.29. The number of amides is 1. The van der Waals surface area contributed by atoms with Gasteiger partial charge in [-0.05, 0) is 13.0 Å². The molecule has 0 aliphatic carbocycles. The lowest BCUT2D eigenvalue weighted by Gasteiger charge is -2.15. The van der Waals surface area contributed by atoms with Crippen molar-refractivity contribution < 1.29 is 18.0 Å². The van der Waals surface area contributed by atoms with Gasteiger partial charge in [0.25, 0.3) is 0 Å². The molecule has 3 aromatic heterocycles. The number of nitrogens with one attached hydrogen (secondary N) is 3. The molecule has 0 bridgehead atoms. The molecule has 136 valence electrons.